The SMILES string of the molecule is CC1(C)OB(c2ccc(S(C)(=O)=O)nc2N)OC1(C)C. The van der Waals surface area contributed by atoms with E-state index in [1.165, 1.54) is 6.07 Å². The fraction of sp³-hybridized carbons (Fsp3) is 0.583. The second-order valence-corrected chi connectivity index (χ2v) is 7.95. The van der Waals surface area contributed by atoms with Crippen molar-refractivity contribution in [1.29, 1.82) is 0 Å². The zero-order valence-electron chi connectivity index (χ0n) is 12.3. The molecule has 110 valence electrons. The molecule has 2 N–H and O–H groups in total. The van der Waals surface area contributed by atoms with Gasteiger partial charge in [-0.2, -0.15) is 0 Å². The molecule has 6 nitrogen and oxygen atoms in total. The van der Waals surface area contributed by atoms with Crippen LogP contribution in [-0.4, -0.2) is 38.0 Å². The highest BCUT2D eigenvalue weighted by Crippen LogP contribution is 2.36. The fourth-order valence-electron chi connectivity index (χ4n) is 1.84. The Balaban J connectivity index is 2.37. The summed E-state index contributed by atoms with van der Waals surface area (Å²) < 4.78 is 34.6. The standard InChI is InChI=1S/C12H19BN2O4S/c1-11(2)12(3,4)19-13(18-11)8-6-7-9(15-10(8)14)20(5,16)17/h6-7H,1-5H3,(H2,14,15). The monoisotopic (exact) mass is 298 g/mol. The summed E-state index contributed by atoms with van der Waals surface area (Å²) in [4.78, 5) is 3.91. The first kappa shape index (κ1) is 15.3. The molecule has 1 saturated heterocycles. The molecular formula is C12H19BN2O4S. The molecule has 1 fully saturated rings. The molecule has 0 spiro atoms. The number of nitrogens with zero attached hydrogens (tertiary/aromatic N) is 1. The van der Waals surface area contributed by atoms with Crippen LogP contribution in [0.2, 0.25) is 0 Å². The van der Waals surface area contributed by atoms with Gasteiger partial charge in [0.1, 0.15) is 5.82 Å². The summed E-state index contributed by atoms with van der Waals surface area (Å²) in [5, 5.41) is -0.0599. The van der Waals surface area contributed by atoms with Gasteiger partial charge in [-0.15, -0.1) is 0 Å². The van der Waals surface area contributed by atoms with Crippen molar-refractivity contribution in [3.05, 3.63) is 12.1 Å². The lowest BCUT2D eigenvalue weighted by atomic mass is 9.79. The summed E-state index contributed by atoms with van der Waals surface area (Å²) in [6.07, 6.45) is 1.09. The van der Waals surface area contributed by atoms with E-state index in [4.69, 9.17) is 15.0 Å². The third-order valence-electron chi connectivity index (χ3n) is 3.82. The number of sulfone groups is 1. The third-order valence-corrected chi connectivity index (χ3v) is 4.81. The zero-order chi connectivity index (χ0) is 15.3. The van der Waals surface area contributed by atoms with Gasteiger partial charge in [-0.25, -0.2) is 13.4 Å². The van der Waals surface area contributed by atoms with Gasteiger partial charge in [0.25, 0.3) is 0 Å². The highest BCUT2D eigenvalue weighted by atomic mass is 32.2. The number of hydrogen-bond acceptors (Lipinski definition) is 6. The lowest BCUT2D eigenvalue weighted by Gasteiger charge is -2.32. The Labute approximate surface area is 119 Å². The van der Waals surface area contributed by atoms with E-state index in [-0.39, 0.29) is 10.8 Å². The van der Waals surface area contributed by atoms with Gasteiger partial charge in [-0.3, -0.25) is 0 Å². The lowest BCUT2D eigenvalue weighted by Crippen LogP contribution is -2.41. The van der Waals surface area contributed by atoms with Crippen molar-refractivity contribution in [1.82, 2.24) is 4.98 Å². The maximum absolute atomic E-state index is 11.4. The quantitative estimate of drug-likeness (QED) is 0.793. The van der Waals surface area contributed by atoms with E-state index in [0.717, 1.165) is 6.26 Å². The summed E-state index contributed by atoms with van der Waals surface area (Å²) in [6, 6.07) is 2.99. The Kier molecular flexibility index (Phi) is 3.39. The van der Waals surface area contributed by atoms with Crippen molar-refractivity contribution in [2.24, 2.45) is 0 Å². The van der Waals surface area contributed by atoms with Crippen LogP contribution in [0.4, 0.5) is 5.82 Å². The van der Waals surface area contributed by atoms with E-state index in [0.29, 0.717) is 5.46 Å². The van der Waals surface area contributed by atoms with Gasteiger partial charge in [0.05, 0.1) is 11.2 Å². The Morgan fingerprint density at radius 3 is 2.05 bits per heavy atom. The molecule has 1 aromatic rings. The molecule has 0 aromatic carbocycles. The van der Waals surface area contributed by atoms with Crippen LogP contribution in [0.15, 0.2) is 17.2 Å². The maximum Gasteiger partial charge on any atom is 0.498 e. The molecule has 20 heavy (non-hydrogen) atoms. The Bertz CT molecular complexity index is 627. The van der Waals surface area contributed by atoms with Crippen LogP contribution in [0.1, 0.15) is 27.7 Å². The Morgan fingerprint density at radius 2 is 1.65 bits per heavy atom. The lowest BCUT2D eigenvalue weighted by molar-refractivity contribution is 0.00578. The van der Waals surface area contributed by atoms with Crippen LogP contribution >= 0.6 is 0 Å². The summed E-state index contributed by atoms with van der Waals surface area (Å²) >= 11 is 0. The van der Waals surface area contributed by atoms with Gasteiger partial charge in [0.15, 0.2) is 14.9 Å². The number of nitrogens with two attached hydrogens (primary N) is 1. The van der Waals surface area contributed by atoms with E-state index < -0.39 is 28.2 Å². The normalized spacial score (nSPS) is 21.1. The number of pyridine rings is 1. The molecule has 0 amide bonds. The highest BCUT2D eigenvalue weighted by Gasteiger charge is 2.52. The van der Waals surface area contributed by atoms with Gasteiger partial charge in [0, 0.05) is 11.7 Å². The predicted octanol–water partition coefficient (Wildman–Crippen LogP) is 0.366. The van der Waals surface area contributed by atoms with Crippen molar-refractivity contribution in [2.45, 2.75) is 43.9 Å². The number of hydrogen-bond donors (Lipinski definition) is 1. The second kappa shape index (κ2) is 4.44. The summed E-state index contributed by atoms with van der Waals surface area (Å²) in [6.45, 7) is 7.73. The molecule has 8 heteroatoms. The smallest absolute Gasteiger partial charge is 0.399 e. The van der Waals surface area contributed by atoms with E-state index in [1.807, 2.05) is 27.7 Å². The minimum absolute atomic E-state index is 0.0599. The molecule has 1 aliphatic rings. The zero-order valence-corrected chi connectivity index (χ0v) is 13.1. The van der Waals surface area contributed by atoms with Crippen molar-refractivity contribution >= 4 is 28.2 Å². The first-order valence-electron chi connectivity index (χ1n) is 6.26. The highest BCUT2D eigenvalue weighted by molar-refractivity contribution is 7.90. The van der Waals surface area contributed by atoms with Gasteiger partial charge >= 0.3 is 7.12 Å². The van der Waals surface area contributed by atoms with Crippen LogP contribution in [0, 0.1) is 0 Å². The minimum atomic E-state index is -3.38. The molecule has 0 aliphatic carbocycles. The first-order valence-corrected chi connectivity index (χ1v) is 8.15. The van der Waals surface area contributed by atoms with Crippen molar-refractivity contribution in [3.8, 4) is 0 Å². The third kappa shape index (κ3) is 2.55. The second-order valence-electron chi connectivity index (χ2n) is 5.98. The van der Waals surface area contributed by atoms with Gasteiger partial charge < -0.3 is 15.0 Å². The van der Waals surface area contributed by atoms with E-state index in [9.17, 15) is 8.42 Å². The van der Waals surface area contributed by atoms with E-state index in [1.54, 1.807) is 6.07 Å². The van der Waals surface area contributed by atoms with Crippen molar-refractivity contribution in [3.63, 3.8) is 0 Å². The number of rotatable bonds is 2. The van der Waals surface area contributed by atoms with Gasteiger partial charge in [-0.05, 0) is 33.8 Å². The van der Waals surface area contributed by atoms with E-state index in [2.05, 4.69) is 4.98 Å². The first-order chi connectivity index (χ1) is 8.94. The fourth-order valence-corrected chi connectivity index (χ4v) is 2.42. The van der Waals surface area contributed by atoms with Crippen LogP contribution in [0.3, 0.4) is 0 Å². The van der Waals surface area contributed by atoms with Crippen LogP contribution < -0.4 is 11.2 Å². The molecule has 2 rings (SSSR count). The summed E-state index contributed by atoms with van der Waals surface area (Å²) in [7, 11) is -4.04. The van der Waals surface area contributed by atoms with Crippen LogP contribution in [0.5, 0.6) is 0 Å². The molecule has 0 unspecified atom stereocenters. The van der Waals surface area contributed by atoms with Crippen molar-refractivity contribution < 1.29 is 17.7 Å². The average molecular weight is 298 g/mol. The molecule has 0 radical (unpaired) electrons. The molecule has 0 atom stereocenters. The average Bonchev–Trinajstić information content (AvgIpc) is 2.46. The Morgan fingerprint density at radius 1 is 1.15 bits per heavy atom. The number of aromatic nitrogens is 1. The number of anilines is 1. The molecule has 1 aliphatic heterocycles. The van der Waals surface area contributed by atoms with E-state index >= 15 is 0 Å². The largest absolute Gasteiger partial charge is 0.498 e. The molecule has 0 saturated carbocycles. The Hall–Kier alpha value is -1.12. The predicted molar refractivity (Wildman–Crippen MR) is 77.5 cm³/mol. The van der Waals surface area contributed by atoms with Crippen LogP contribution in [0.25, 0.3) is 0 Å². The summed E-state index contributed by atoms with van der Waals surface area (Å²) in [5.74, 6) is 0.103. The van der Waals surface area contributed by atoms with Gasteiger partial charge in [0.2, 0.25) is 0 Å². The molecule has 2 heterocycles. The summed E-state index contributed by atoms with van der Waals surface area (Å²) in [5.41, 5.74) is 5.40. The molecular weight excluding hydrogens is 279 g/mol. The molecule has 1 aromatic heterocycles. The van der Waals surface area contributed by atoms with Crippen molar-refractivity contribution in [2.75, 3.05) is 12.0 Å². The number of nitrogen functional groups attached to an aromatic ring is 1. The van der Waals surface area contributed by atoms with Gasteiger partial charge in [-0.1, -0.05) is 6.07 Å². The van der Waals surface area contributed by atoms with Crippen LogP contribution in [-0.2, 0) is 19.1 Å². The maximum atomic E-state index is 11.4. The minimum Gasteiger partial charge on any atom is -0.399 e. The molecule has 0 bridgehead atoms. The topological polar surface area (TPSA) is 91.5 Å².